The third-order valence-corrected chi connectivity index (χ3v) is 4.70. The Kier molecular flexibility index (Phi) is 14.1. The smallest absolute Gasteiger partial charge is 0.335 e. The van der Waals surface area contributed by atoms with E-state index in [0.29, 0.717) is 12.2 Å². The number of aromatic carboxylic acids is 1. The van der Waals surface area contributed by atoms with E-state index in [0.717, 1.165) is 25.1 Å². The number of benzene rings is 1. The normalized spacial score (nSPS) is 11.1. The van der Waals surface area contributed by atoms with Gasteiger partial charge in [0.2, 0.25) is 0 Å². The van der Waals surface area contributed by atoms with Crippen LogP contribution in [0.5, 0.6) is 0 Å². The molecule has 0 saturated heterocycles. The lowest BCUT2D eigenvalue weighted by Crippen LogP contribution is -2.02. The molecule has 4 nitrogen and oxygen atoms in total. The number of carboxylic acids is 1. The van der Waals surface area contributed by atoms with E-state index in [1.54, 1.807) is 12.1 Å². The van der Waals surface area contributed by atoms with Crippen LogP contribution in [0.3, 0.4) is 0 Å². The molecule has 3 N–H and O–H groups in total. The van der Waals surface area contributed by atoms with Crippen molar-refractivity contribution in [2.75, 3.05) is 18.5 Å². The number of unbranched alkanes of at least 4 members (excludes halogenated alkanes) is 10. The Morgan fingerprint density at radius 1 is 0.778 bits per heavy atom. The summed E-state index contributed by atoms with van der Waals surface area (Å²) in [6, 6.07) is 6.91. The van der Waals surface area contributed by atoms with E-state index < -0.39 is 5.97 Å². The first-order valence-corrected chi connectivity index (χ1v) is 10.6. The minimum atomic E-state index is -0.884. The van der Waals surface area contributed by atoms with Crippen LogP contribution < -0.4 is 5.32 Å². The van der Waals surface area contributed by atoms with Crippen molar-refractivity contribution in [3.05, 3.63) is 42.0 Å². The second-order valence-corrected chi connectivity index (χ2v) is 7.12. The fourth-order valence-electron chi connectivity index (χ4n) is 3.02. The molecular weight excluding hydrogens is 338 g/mol. The number of hydrogen-bond acceptors (Lipinski definition) is 3. The maximum Gasteiger partial charge on any atom is 0.335 e. The van der Waals surface area contributed by atoms with Gasteiger partial charge in [0, 0.05) is 18.8 Å². The molecule has 0 heterocycles. The second-order valence-electron chi connectivity index (χ2n) is 7.12. The number of hydrogen-bond donors (Lipinski definition) is 3. The molecule has 0 amide bonds. The molecule has 0 bridgehead atoms. The Morgan fingerprint density at radius 2 is 1.30 bits per heavy atom. The third kappa shape index (κ3) is 13.1. The summed E-state index contributed by atoms with van der Waals surface area (Å²) in [4.78, 5) is 10.8. The fourth-order valence-corrected chi connectivity index (χ4v) is 3.02. The third-order valence-electron chi connectivity index (χ3n) is 4.70. The Morgan fingerprint density at radius 3 is 1.85 bits per heavy atom. The molecule has 4 heteroatoms. The topological polar surface area (TPSA) is 69.6 Å². The van der Waals surface area contributed by atoms with Gasteiger partial charge in [-0.15, -0.1) is 0 Å². The lowest BCUT2D eigenvalue weighted by atomic mass is 10.1. The summed E-state index contributed by atoms with van der Waals surface area (Å²) < 4.78 is 0. The molecule has 152 valence electrons. The Hall–Kier alpha value is -1.81. The van der Waals surface area contributed by atoms with Crippen molar-refractivity contribution in [3.8, 4) is 0 Å². The van der Waals surface area contributed by atoms with E-state index in [2.05, 4.69) is 17.5 Å². The van der Waals surface area contributed by atoms with Crippen molar-refractivity contribution >= 4 is 11.7 Å². The number of rotatable bonds is 17. The van der Waals surface area contributed by atoms with Gasteiger partial charge in [0.1, 0.15) is 0 Å². The first-order chi connectivity index (χ1) is 13.2. The van der Waals surface area contributed by atoms with Crippen LogP contribution in [-0.2, 0) is 0 Å². The molecular formula is C23H37NO3. The zero-order valence-electron chi connectivity index (χ0n) is 16.7. The number of aliphatic hydroxyl groups excluding tert-OH is 1. The molecule has 0 aliphatic rings. The predicted octanol–water partition coefficient (Wildman–Crippen LogP) is 6.03. The maximum atomic E-state index is 10.8. The summed E-state index contributed by atoms with van der Waals surface area (Å²) in [7, 11) is 0. The summed E-state index contributed by atoms with van der Waals surface area (Å²) in [5.74, 6) is -0.884. The van der Waals surface area contributed by atoms with E-state index in [1.807, 2.05) is 12.1 Å². The molecule has 0 atom stereocenters. The summed E-state index contributed by atoms with van der Waals surface area (Å²) in [6.45, 7) is 1.27. The summed E-state index contributed by atoms with van der Waals surface area (Å²) in [6.07, 6.45) is 19.2. The molecule has 1 rings (SSSR count). The van der Waals surface area contributed by atoms with E-state index in [1.165, 1.54) is 64.2 Å². The molecule has 0 spiro atoms. The van der Waals surface area contributed by atoms with Gasteiger partial charge in [-0.1, -0.05) is 50.7 Å². The average Bonchev–Trinajstić information content (AvgIpc) is 2.68. The minimum absolute atomic E-state index is 0.326. The minimum Gasteiger partial charge on any atom is -0.478 e. The lowest BCUT2D eigenvalue weighted by molar-refractivity contribution is 0.0697. The zero-order chi connectivity index (χ0) is 19.6. The number of anilines is 1. The van der Waals surface area contributed by atoms with Crippen molar-refractivity contribution in [2.24, 2.45) is 0 Å². The van der Waals surface area contributed by atoms with Gasteiger partial charge in [-0.2, -0.15) is 0 Å². The van der Waals surface area contributed by atoms with Crippen LogP contribution in [0.25, 0.3) is 0 Å². The summed E-state index contributed by atoms with van der Waals surface area (Å²) in [5.41, 5.74) is 1.31. The van der Waals surface area contributed by atoms with Gasteiger partial charge < -0.3 is 15.5 Å². The monoisotopic (exact) mass is 375 g/mol. The summed E-state index contributed by atoms with van der Waals surface area (Å²) >= 11 is 0. The van der Waals surface area contributed by atoms with Crippen LogP contribution in [0.4, 0.5) is 5.69 Å². The van der Waals surface area contributed by atoms with Crippen molar-refractivity contribution in [1.29, 1.82) is 0 Å². The molecule has 0 aromatic heterocycles. The fraction of sp³-hybridized carbons (Fsp3) is 0.609. The SMILES string of the molecule is O=C(O)c1ccc(NCCCCCCC=CCCCCCCCCO)cc1. The predicted molar refractivity (Wildman–Crippen MR) is 114 cm³/mol. The Labute approximate surface area is 164 Å². The standard InChI is InChI=1S/C23H37NO3/c25-20-14-12-10-8-6-4-2-1-3-5-7-9-11-13-19-24-22-17-15-21(16-18-22)23(26)27/h1,3,15-18,24-25H,2,4-14,19-20H2,(H,26,27). The van der Waals surface area contributed by atoms with E-state index in [9.17, 15) is 4.79 Å². The lowest BCUT2D eigenvalue weighted by Gasteiger charge is -2.06. The molecule has 0 aliphatic heterocycles. The van der Waals surface area contributed by atoms with Gasteiger partial charge in [0.25, 0.3) is 0 Å². The van der Waals surface area contributed by atoms with Gasteiger partial charge in [-0.25, -0.2) is 4.79 Å². The first-order valence-electron chi connectivity index (χ1n) is 10.6. The van der Waals surface area contributed by atoms with Gasteiger partial charge in [-0.3, -0.25) is 0 Å². The molecule has 0 unspecified atom stereocenters. The van der Waals surface area contributed by atoms with E-state index in [4.69, 9.17) is 10.2 Å². The van der Waals surface area contributed by atoms with Gasteiger partial charge in [0.05, 0.1) is 5.56 Å². The van der Waals surface area contributed by atoms with Crippen molar-refractivity contribution in [2.45, 2.75) is 77.0 Å². The number of aliphatic hydroxyl groups is 1. The van der Waals surface area contributed by atoms with Crippen LogP contribution >= 0.6 is 0 Å². The van der Waals surface area contributed by atoms with E-state index >= 15 is 0 Å². The average molecular weight is 376 g/mol. The van der Waals surface area contributed by atoms with Crippen molar-refractivity contribution in [1.82, 2.24) is 0 Å². The molecule has 27 heavy (non-hydrogen) atoms. The van der Waals surface area contributed by atoms with Crippen LogP contribution in [0.1, 0.15) is 87.4 Å². The number of carboxylic acid groups (broad SMARTS) is 1. The quantitative estimate of drug-likeness (QED) is 0.230. The van der Waals surface area contributed by atoms with Crippen LogP contribution in [0.15, 0.2) is 36.4 Å². The van der Waals surface area contributed by atoms with Crippen LogP contribution in [-0.4, -0.2) is 29.3 Å². The van der Waals surface area contributed by atoms with Crippen LogP contribution in [0, 0.1) is 0 Å². The largest absolute Gasteiger partial charge is 0.478 e. The highest BCUT2D eigenvalue weighted by Gasteiger charge is 2.00. The van der Waals surface area contributed by atoms with Crippen LogP contribution in [0.2, 0.25) is 0 Å². The highest BCUT2D eigenvalue weighted by Crippen LogP contribution is 2.11. The van der Waals surface area contributed by atoms with Crippen molar-refractivity contribution < 1.29 is 15.0 Å². The Bertz CT molecular complexity index is 511. The Balaban J connectivity index is 1.86. The highest BCUT2D eigenvalue weighted by atomic mass is 16.4. The second kappa shape index (κ2) is 16.4. The van der Waals surface area contributed by atoms with E-state index in [-0.39, 0.29) is 0 Å². The van der Waals surface area contributed by atoms with Gasteiger partial charge in [-0.05, 0) is 62.8 Å². The number of allylic oxidation sites excluding steroid dienone is 2. The number of nitrogens with one attached hydrogen (secondary N) is 1. The molecule has 0 radical (unpaired) electrons. The molecule has 0 aliphatic carbocycles. The molecule has 1 aromatic rings. The first kappa shape index (κ1) is 23.2. The summed E-state index contributed by atoms with van der Waals surface area (Å²) in [5, 5.41) is 20.9. The maximum absolute atomic E-state index is 10.8. The zero-order valence-corrected chi connectivity index (χ0v) is 16.7. The highest BCUT2D eigenvalue weighted by molar-refractivity contribution is 5.87. The van der Waals surface area contributed by atoms with Gasteiger partial charge >= 0.3 is 5.97 Å². The van der Waals surface area contributed by atoms with Gasteiger partial charge in [0.15, 0.2) is 0 Å². The number of carbonyl (C=O) groups is 1. The molecule has 0 fully saturated rings. The van der Waals surface area contributed by atoms with Crippen molar-refractivity contribution in [3.63, 3.8) is 0 Å². The molecule has 1 aromatic carbocycles. The molecule has 0 saturated carbocycles.